The van der Waals surface area contributed by atoms with E-state index in [1.54, 1.807) is 7.11 Å². The van der Waals surface area contributed by atoms with Crippen molar-refractivity contribution in [3.63, 3.8) is 0 Å². The van der Waals surface area contributed by atoms with Crippen LogP contribution in [-0.2, 0) is 6.42 Å². The number of hydrogen-bond acceptors (Lipinski definition) is 6. The fourth-order valence-electron chi connectivity index (χ4n) is 4.42. The maximum absolute atomic E-state index is 13.2. The fourth-order valence-corrected chi connectivity index (χ4v) is 4.42. The number of rotatable bonds is 7. The van der Waals surface area contributed by atoms with Gasteiger partial charge in [0, 0.05) is 44.3 Å². The van der Waals surface area contributed by atoms with Gasteiger partial charge in [-0.3, -0.25) is 4.79 Å². The third kappa shape index (κ3) is 5.19. The lowest BCUT2D eigenvalue weighted by Crippen LogP contribution is -2.47. The van der Waals surface area contributed by atoms with Crippen LogP contribution in [0.3, 0.4) is 0 Å². The molecule has 0 atom stereocenters. The maximum Gasteiger partial charge on any atom is 0.252 e. The van der Waals surface area contributed by atoms with E-state index >= 15 is 0 Å². The van der Waals surface area contributed by atoms with Crippen LogP contribution in [0.15, 0.2) is 79.0 Å². The molecule has 0 aliphatic carbocycles. The van der Waals surface area contributed by atoms with E-state index in [4.69, 9.17) is 9.72 Å². The maximum atomic E-state index is 13.2. The molecule has 0 bridgehead atoms. The van der Waals surface area contributed by atoms with Gasteiger partial charge in [-0.05, 0) is 48.4 Å². The second-order valence-electron chi connectivity index (χ2n) is 8.56. The largest absolute Gasteiger partial charge is 0.497 e. The van der Waals surface area contributed by atoms with Crippen LogP contribution in [0.4, 0.5) is 11.6 Å². The van der Waals surface area contributed by atoms with E-state index in [1.165, 1.54) is 0 Å². The SMILES string of the molecule is COc1ccc(CCNC(=O)c2cc(N3CCN(c4ccccn4)CC3)nc3ccccc23)cc1. The zero-order valence-electron chi connectivity index (χ0n) is 19.9. The normalized spacial score (nSPS) is 13.6. The van der Waals surface area contributed by atoms with E-state index in [0.717, 1.165) is 66.5 Å². The molecule has 35 heavy (non-hydrogen) atoms. The summed E-state index contributed by atoms with van der Waals surface area (Å²) in [5, 5.41) is 3.96. The van der Waals surface area contributed by atoms with Crippen molar-refractivity contribution in [3.05, 3.63) is 90.1 Å². The molecule has 3 heterocycles. The molecule has 0 radical (unpaired) electrons. The molecule has 0 unspecified atom stereocenters. The predicted molar refractivity (Wildman–Crippen MR) is 139 cm³/mol. The Kier molecular flexibility index (Phi) is 6.75. The van der Waals surface area contributed by atoms with Crippen molar-refractivity contribution in [2.24, 2.45) is 0 Å². The highest BCUT2D eigenvalue weighted by molar-refractivity contribution is 6.07. The molecular weight excluding hydrogens is 438 g/mol. The minimum Gasteiger partial charge on any atom is -0.497 e. The number of benzene rings is 2. The molecule has 7 nitrogen and oxygen atoms in total. The standard InChI is InChI=1S/C28H29N5O2/c1-35-22-11-9-21(10-12-22)13-15-30-28(34)24-20-27(31-25-7-3-2-6-23(24)25)33-18-16-32(17-19-33)26-8-4-5-14-29-26/h2-12,14,20H,13,15-19H2,1H3,(H,30,34). The average molecular weight is 468 g/mol. The molecule has 2 aromatic heterocycles. The molecule has 0 spiro atoms. The number of para-hydroxylation sites is 1. The lowest BCUT2D eigenvalue weighted by atomic mass is 10.1. The van der Waals surface area contributed by atoms with E-state index in [9.17, 15) is 4.79 Å². The van der Waals surface area contributed by atoms with Crippen LogP contribution in [0.2, 0.25) is 0 Å². The van der Waals surface area contributed by atoms with Crippen LogP contribution in [-0.4, -0.2) is 55.7 Å². The molecule has 2 aromatic carbocycles. The number of methoxy groups -OCH3 is 1. The van der Waals surface area contributed by atoms with Gasteiger partial charge < -0.3 is 19.9 Å². The van der Waals surface area contributed by atoms with Gasteiger partial charge >= 0.3 is 0 Å². The van der Waals surface area contributed by atoms with Crippen molar-refractivity contribution in [2.75, 3.05) is 49.6 Å². The smallest absolute Gasteiger partial charge is 0.252 e. The first-order valence-electron chi connectivity index (χ1n) is 11.9. The van der Waals surface area contributed by atoms with Gasteiger partial charge in [0.1, 0.15) is 17.4 Å². The summed E-state index contributed by atoms with van der Waals surface area (Å²) < 4.78 is 5.21. The van der Waals surface area contributed by atoms with Crippen LogP contribution >= 0.6 is 0 Å². The second kappa shape index (κ2) is 10.4. The van der Waals surface area contributed by atoms with E-state index in [-0.39, 0.29) is 5.91 Å². The number of ether oxygens (including phenoxy) is 1. The first-order valence-corrected chi connectivity index (χ1v) is 11.9. The summed E-state index contributed by atoms with van der Waals surface area (Å²) in [4.78, 5) is 27.1. The molecule has 1 aliphatic rings. The fraction of sp³-hybridized carbons (Fsp3) is 0.250. The van der Waals surface area contributed by atoms with Crippen LogP contribution in [0.5, 0.6) is 5.75 Å². The molecule has 1 aliphatic heterocycles. The second-order valence-corrected chi connectivity index (χ2v) is 8.56. The molecule has 5 rings (SSSR count). The summed E-state index contributed by atoms with van der Waals surface area (Å²) in [5.41, 5.74) is 2.64. The van der Waals surface area contributed by atoms with Crippen molar-refractivity contribution in [3.8, 4) is 5.75 Å². The van der Waals surface area contributed by atoms with Crippen LogP contribution in [0.1, 0.15) is 15.9 Å². The van der Waals surface area contributed by atoms with Gasteiger partial charge in [-0.25, -0.2) is 9.97 Å². The molecule has 7 heteroatoms. The van der Waals surface area contributed by atoms with Gasteiger partial charge in [0.2, 0.25) is 0 Å². The first kappa shape index (κ1) is 22.7. The molecular formula is C28H29N5O2. The first-order chi connectivity index (χ1) is 17.2. The summed E-state index contributed by atoms with van der Waals surface area (Å²) in [6.45, 7) is 3.91. The van der Waals surface area contributed by atoms with E-state index < -0.39 is 0 Å². The van der Waals surface area contributed by atoms with Crippen molar-refractivity contribution in [1.82, 2.24) is 15.3 Å². The Labute approximate surface area is 205 Å². The number of carbonyl (C=O) groups is 1. The van der Waals surface area contributed by atoms with Gasteiger partial charge in [-0.2, -0.15) is 0 Å². The number of pyridine rings is 2. The third-order valence-electron chi connectivity index (χ3n) is 6.38. The zero-order chi connectivity index (χ0) is 24.0. The molecule has 1 amide bonds. The molecule has 1 fully saturated rings. The molecule has 4 aromatic rings. The van der Waals surface area contributed by atoms with Gasteiger partial charge in [0.05, 0.1) is 18.2 Å². The van der Waals surface area contributed by atoms with Crippen molar-refractivity contribution >= 4 is 28.4 Å². The number of nitrogens with zero attached hydrogens (tertiary/aromatic N) is 4. The number of fused-ring (bicyclic) bond motifs is 1. The highest BCUT2D eigenvalue weighted by atomic mass is 16.5. The topological polar surface area (TPSA) is 70.6 Å². The molecule has 178 valence electrons. The Morgan fingerprint density at radius 1 is 0.914 bits per heavy atom. The lowest BCUT2D eigenvalue weighted by Gasteiger charge is -2.36. The highest BCUT2D eigenvalue weighted by Gasteiger charge is 2.21. The van der Waals surface area contributed by atoms with E-state index in [0.29, 0.717) is 12.1 Å². The Balaban J connectivity index is 1.29. The van der Waals surface area contributed by atoms with E-state index in [2.05, 4.69) is 20.1 Å². The average Bonchev–Trinajstić information content (AvgIpc) is 2.93. The monoisotopic (exact) mass is 467 g/mol. The van der Waals surface area contributed by atoms with Crippen LogP contribution < -0.4 is 19.9 Å². The number of hydrogen-bond donors (Lipinski definition) is 1. The number of aromatic nitrogens is 2. The van der Waals surface area contributed by atoms with E-state index in [1.807, 2.05) is 79.0 Å². The third-order valence-corrected chi connectivity index (χ3v) is 6.38. The number of carbonyl (C=O) groups excluding carboxylic acids is 1. The predicted octanol–water partition coefficient (Wildman–Crippen LogP) is 3.94. The number of amides is 1. The van der Waals surface area contributed by atoms with Gasteiger partial charge in [-0.1, -0.05) is 36.4 Å². The minimum absolute atomic E-state index is 0.0783. The Morgan fingerprint density at radius 3 is 2.34 bits per heavy atom. The quantitative estimate of drug-likeness (QED) is 0.444. The Hall–Kier alpha value is -4.13. The Morgan fingerprint density at radius 2 is 1.63 bits per heavy atom. The van der Waals surface area contributed by atoms with Gasteiger partial charge in [0.15, 0.2) is 0 Å². The molecule has 1 saturated heterocycles. The van der Waals surface area contributed by atoms with Crippen LogP contribution in [0, 0.1) is 0 Å². The van der Waals surface area contributed by atoms with Crippen molar-refractivity contribution in [2.45, 2.75) is 6.42 Å². The van der Waals surface area contributed by atoms with Crippen molar-refractivity contribution < 1.29 is 9.53 Å². The summed E-state index contributed by atoms with van der Waals surface area (Å²) >= 11 is 0. The number of piperazine rings is 1. The number of anilines is 2. The lowest BCUT2D eigenvalue weighted by molar-refractivity contribution is 0.0955. The summed E-state index contributed by atoms with van der Waals surface area (Å²) in [6.07, 6.45) is 2.58. The van der Waals surface area contributed by atoms with Crippen molar-refractivity contribution in [1.29, 1.82) is 0 Å². The molecule has 0 saturated carbocycles. The summed E-state index contributed by atoms with van der Waals surface area (Å²) in [6, 6.07) is 23.7. The molecule has 1 N–H and O–H groups in total. The van der Waals surface area contributed by atoms with Gasteiger partial charge in [-0.15, -0.1) is 0 Å². The van der Waals surface area contributed by atoms with Crippen LogP contribution in [0.25, 0.3) is 10.9 Å². The zero-order valence-corrected chi connectivity index (χ0v) is 19.9. The summed E-state index contributed by atoms with van der Waals surface area (Å²) in [7, 11) is 1.66. The summed E-state index contributed by atoms with van der Waals surface area (Å²) in [5.74, 6) is 2.58. The number of nitrogens with one attached hydrogen (secondary N) is 1. The van der Waals surface area contributed by atoms with Gasteiger partial charge in [0.25, 0.3) is 5.91 Å². The Bertz CT molecular complexity index is 1290. The minimum atomic E-state index is -0.0783. The highest BCUT2D eigenvalue weighted by Crippen LogP contribution is 2.25.